The third kappa shape index (κ3) is 7.07. The van der Waals surface area contributed by atoms with Gasteiger partial charge in [-0.3, -0.25) is 8.98 Å². The van der Waals surface area contributed by atoms with Crippen LogP contribution in [0.1, 0.15) is 20.8 Å². The molecule has 0 fully saturated rings. The Hall–Kier alpha value is -1.35. The molecule has 0 aromatic heterocycles. The molecule has 0 rings (SSSR count). The average molecular weight is 281 g/mol. The van der Waals surface area contributed by atoms with Crippen molar-refractivity contribution in [1.82, 2.24) is 0 Å². The summed E-state index contributed by atoms with van der Waals surface area (Å²) in [5.41, 5.74) is -0.891. The number of carbonyl (C=O) groups is 2. The van der Waals surface area contributed by atoms with Crippen LogP contribution in [0.15, 0.2) is 5.18 Å². The van der Waals surface area contributed by atoms with Crippen LogP contribution in [0.4, 0.5) is 0 Å². The van der Waals surface area contributed by atoms with E-state index in [4.69, 9.17) is 4.74 Å². The number of nitrogens with zero attached hydrogens (tertiary/aromatic N) is 1. The second-order valence-electron chi connectivity index (χ2n) is 4.47. The van der Waals surface area contributed by atoms with Crippen molar-refractivity contribution < 1.29 is 26.9 Å². The first-order chi connectivity index (χ1) is 7.96. The zero-order chi connectivity index (χ0) is 14.6. The van der Waals surface area contributed by atoms with Gasteiger partial charge in [-0.15, -0.1) is 4.91 Å². The summed E-state index contributed by atoms with van der Waals surface area (Å²) in [4.78, 5) is 33.2. The molecule has 0 aliphatic carbocycles. The SMILES string of the molecule is CC(C)(C)OC(=O)C(N=O)C(=O)COS(C)(=O)=O. The molecule has 9 heteroatoms. The number of ether oxygens (including phenoxy) is 1. The largest absolute Gasteiger partial charge is 0.458 e. The lowest BCUT2D eigenvalue weighted by atomic mass is 10.1. The summed E-state index contributed by atoms with van der Waals surface area (Å²) in [5.74, 6) is -2.22. The average Bonchev–Trinajstić information content (AvgIpc) is 2.11. The fraction of sp³-hybridized carbons (Fsp3) is 0.778. The summed E-state index contributed by atoms with van der Waals surface area (Å²) in [5, 5.41) is 2.32. The van der Waals surface area contributed by atoms with E-state index in [9.17, 15) is 22.9 Å². The Bertz CT molecular complexity index is 434. The summed E-state index contributed by atoms with van der Waals surface area (Å²) >= 11 is 0. The van der Waals surface area contributed by atoms with E-state index in [1.54, 1.807) is 20.8 Å². The van der Waals surface area contributed by atoms with Crippen LogP contribution in [0, 0.1) is 4.91 Å². The first-order valence-corrected chi connectivity index (χ1v) is 6.70. The molecule has 0 saturated heterocycles. The summed E-state index contributed by atoms with van der Waals surface area (Å²) < 4.78 is 30.2. The Balaban J connectivity index is 4.64. The molecule has 8 nitrogen and oxygen atoms in total. The standard InChI is InChI=1S/C9H15NO7S/c1-9(2,3)17-8(12)7(10-13)6(11)5-16-18(4,14)15/h7H,5H2,1-4H3. The molecule has 0 aliphatic heterocycles. The second kappa shape index (κ2) is 6.01. The summed E-state index contributed by atoms with van der Waals surface area (Å²) in [7, 11) is -3.84. The number of carbonyl (C=O) groups excluding carboxylic acids is 2. The van der Waals surface area contributed by atoms with E-state index >= 15 is 0 Å². The number of nitroso groups, excluding NO2 is 1. The third-order valence-corrected chi connectivity index (χ3v) is 2.00. The number of hydrogen-bond acceptors (Lipinski definition) is 8. The molecule has 0 bridgehead atoms. The number of esters is 1. The molecule has 104 valence electrons. The quantitative estimate of drug-likeness (QED) is 0.291. The molecule has 0 amide bonds. The maximum Gasteiger partial charge on any atom is 0.343 e. The minimum atomic E-state index is -3.84. The topological polar surface area (TPSA) is 116 Å². The molecule has 0 aliphatic rings. The highest BCUT2D eigenvalue weighted by Crippen LogP contribution is 2.10. The molecule has 0 aromatic rings. The van der Waals surface area contributed by atoms with E-state index < -0.39 is 40.1 Å². The van der Waals surface area contributed by atoms with Crippen LogP contribution in [0.25, 0.3) is 0 Å². The van der Waals surface area contributed by atoms with Crippen molar-refractivity contribution >= 4 is 21.9 Å². The highest BCUT2D eigenvalue weighted by molar-refractivity contribution is 7.86. The summed E-state index contributed by atoms with van der Waals surface area (Å²) in [6, 6.07) is -1.93. The molecule has 1 atom stereocenters. The van der Waals surface area contributed by atoms with Gasteiger partial charge in [0.05, 0.1) is 6.26 Å². The minimum absolute atomic E-state index is 0.733. The molecule has 0 N–H and O–H groups in total. The molecule has 0 heterocycles. The van der Waals surface area contributed by atoms with E-state index in [-0.39, 0.29) is 0 Å². The molecule has 0 saturated carbocycles. The van der Waals surface area contributed by atoms with Crippen LogP contribution < -0.4 is 0 Å². The summed E-state index contributed by atoms with van der Waals surface area (Å²) in [6.07, 6.45) is 0.733. The van der Waals surface area contributed by atoms with E-state index in [1.807, 2.05) is 0 Å². The van der Waals surface area contributed by atoms with Gasteiger partial charge >= 0.3 is 5.97 Å². The molecular formula is C9H15NO7S. The van der Waals surface area contributed by atoms with E-state index in [0.29, 0.717) is 0 Å². The van der Waals surface area contributed by atoms with Gasteiger partial charge in [0.2, 0.25) is 6.04 Å². The van der Waals surface area contributed by atoms with Gasteiger partial charge in [-0.2, -0.15) is 8.42 Å². The smallest absolute Gasteiger partial charge is 0.343 e. The van der Waals surface area contributed by atoms with Crippen LogP contribution in [0.5, 0.6) is 0 Å². The van der Waals surface area contributed by atoms with E-state index in [2.05, 4.69) is 9.36 Å². The van der Waals surface area contributed by atoms with Crippen LogP contribution in [0.2, 0.25) is 0 Å². The minimum Gasteiger partial charge on any atom is -0.458 e. The maximum absolute atomic E-state index is 11.4. The van der Waals surface area contributed by atoms with Gasteiger partial charge in [0.15, 0.2) is 5.78 Å². The fourth-order valence-electron chi connectivity index (χ4n) is 0.835. The Kier molecular flexibility index (Phi) is 5.55. The van der Waals surface area contributed by atoms with Gasteiger partial charge in [0.1, 0.15) is 12.2 Å². The molecule has 18 heavy (non-hydrogen) atoms. The van der Waals surface area contributed by atoms with Gasteiger partial charge in [-0.05, 0) is 25.9 Å². The first kappa shape index (κ1) is 16.6. The number of rotatable bonds is 6. The zero-order valence-corrected chi connectivity index (χ0v) is 11.3. The van der Waals surface area contributed by atoms with E-state index in [1.165, 1.54) is 0 Å². The normalized spacial score (nSPS) is 13.8. The summed E-state index contributed by atoms with van der Waals surface area (Å²) in [6.45, 7) is 3.70. The van der Waals surface area contributed by atoms with Crippen molar-refractivity contribution in [2.45, 2.75) is 32.4 Å². The Morgan fingerprint density at radius 1 is 1.28 bits per heavy atom. The monoisotopic (exact) mass is 281 g/mol. The predicted octanol–water partition coefficient (Wildman–Crippen LogP) is 0.00840. The lowest BCUT2D eigenvalue weighted by Gasteiger charge is -2.20. The Morgan fingerprint density at radius 2 is 1.78 bits per heavy atom. The van der Waals surface area contributed by atoms with Crippen LogP contribution >= 0.6 is 0 Å². The first-order valence-electron chi connectivity index (χ1n) is 4.89. The Labute approximate surface area is 105 Å². The lowest BCUT2D eigenvalue weighted by Crippen LogP contribution is -2.37. The Morgan fingerprint density at radius 3 is 2.11 bits per heavy atom. The highest BCUT2D eigenvalue weighted by atomic mass is 32.2. The van der Waals surface area contributed by atoms with E-state index in [0.717, 1.165) is 6.26 Å². The fourth-order valence-corrected chi connectivity index (χ4v) is 1.17. The van der Waals surface area contributed by atoms with Gasteiger partial charge in [0.25, 0.3) is 10.1 Å². The second-order valence-corrected chi connectivity index (χ2v) is 6.12. The van der Waals surface area contributed by atoms with Crippen LogP contribution in [-0.4, -0.2) is 44.7 Å². The van der Waals surface area contributed by atoms with Crippen molar-refractivity contribution in [2.24, 2.45) is 5.18 Å². The molecule has 1 unspecified atom stereocenters. The van der Waals surface area contributed by atoms with Crippen molar-refractivity contribution in [3.05, 3.63) is 4.91 Å². The van der Waals surface area contributed by atoms with Crippen molar-refractivity contribution in [3.8, 4) is 0 Å². The van der Waals surface area contributed by atoms with Gasteiger partial charge in [-0.1, -0.05) is 0 Å². The molecular weight excluding hydrogens is 266 g/mol. The van der Waals surface area contributed by atoms with Gasteiger partial charge in [0, 0.05) is 0 Å². The predicted molar refractivity (Wildman–Crippen MR) is 61.2 cm³/mol. The zero-order valence-electron chi connectivity index (χ0n) is 10.5. The molecule has 0 spiro atoms. The van der Waals surface area contributed by atoms with Crippen molar-refractivity contribution in [3.63, 3.8) is 0 Å². The maximum atomic E-state index is 11.4. The van der Waals surface area contributed by atoms with Crippen molar-refractivity contribution in [2.75, 3.05) is 12.9 Å². The number of Topliss-reactive ketones (excluding diaryl/α,β-unsaturated/α-hetero) is 1. The third-order valence-electron chi connectivity index (χ3n) is 1.46. The van der Waals surface area contributed by atoms with Crippen LogP contribution in [0.3, 0.4) is 0 Å². The molecule has 0 radical (unpaired) electrons. The van der Waals surface area contributed by atoms with Crippen molar-refractivity contribution in [1.29, 1.82) is 0 Å². The highest BCUT2D eigenvalue weighted by Gasteiger charge is 2.32. The number of hydrogen-bond donors (Lipinski definition) is 0. The lowest BCUT2D eigenvalue weighted by molar-refractivity contribution is -0.158. The van der Waals surface area contributed by atoms with Gasteiger partial charge in [-0.25, -0.2) is 4.79 Å². The van der Waals surface area contributed by atoms with Gasteiger partial charge < -0.3 is 4.74 Å². The number of ketones is 1. The van der Waals surface area contributed by atoms with Crippen LogP contribution in [-0.2, 0) is 28.6 Å². The molecule has 0 aromatic carbocycles.